The van der Waals surface area contributed by atoms with Gasteiger partial charge in [0.25, 0.3) is 5.91 Å². The Bertz CT molecular complexity index is 831. The maximum atomic E-state index is 12.4. The van der Waals surface area contributed by atoms with Gasteiger partial charge < -0.3 is 10.1 Å². The summed E-state index contributed by atoms with van der Waals surface area (Å²) < 4.78 is 5.80. The fourth-order valence-electron chi connectivity index (χ4n) is 2.72. The van der Waals surface area contributed by atoms with Crippen LogP contribution in [0.25, 0.3) is 0 Å². The van der Waals surface area contributed by atoms with E-state index in [0.717, 1.165) is 5.56 Å². The van der Waals surface area contributed by atoms with Gasteiger partial charge in [0.15, 0.2) is 0 Å². The number of rotatable bonds is 7. The van der Waals surface area contributed by atoms with Crippen LogP contribution in [0.5, 0.6) is 5.75 Å². The van der Waals surface area contributed by atoms with E-state index < -0.39 is 0 Å². The number of hydrogen-bond donors (Lipinski definition) is 1. The third-order valence-corrected chi connectivity index (χ3v) is 4.28. The molecule has 0 aliphatic heterocycles. The van der Waals surface area contributed by atoms with Crippen molar-refractivity contribution in [2.75, 3.05) is 6.54 Å². The summed E-state index contributed by atoms with van der Waals surface area (Å²) >= 11 is 0. The molecule has 0 radical (unpaired) electrons. The molecule has 0 aromatic heterocycles. The highest BCUT2D eigenvalue weighted by Gasteiger charge is 2.10. The van der Waals surface area contributed by atoms with Crippen LogP contribution in [0, 0.1) is 0 Å². The van der Waals surface area contributed by atoms with Crippen molar-refractivity contribution < 1.29 is 9.53 Å². The molecule has 0 fully saturated rings. The van der Waals surface area contributed by atoms with Gasteiger partial charge >= 0.3 is 0 Å². The Kier molecular flexibility index (Phi) is 6.05. The van der Waals surface area contributed by atoms with Gasteiger partial charge in [-0.2, -0.15) is 0 Å². The van der Waals surface area contributed by atoms with Crippen LogP contribution in [-0.4, -0.2) is 12.5 Å². The van der Waals surface area contributed by atoms with Gasteiger partial charge in [-0.15, -0.1) is 0 Å². The van der Waals surface area contributed by atoms with Crippen LogP contribution >= 0.6 is 0 Å². The van der Waals surface area contributed by atoms with Crippen molar-refractivity contribution in [2.45, 2.75) is 19.4 Å². The molecule has 3 nitrogen and oxygen atoms in total. The molecule has 26 heavy (non-hydrogen) atoms. The van der Waals surface area contributed by atoms with Gasteiger partial charge in [-0.05, 0) is 35.2 Å². The van der Waals surface area contributed by atoms with Crippen LogP contribution in [0.2, 0.25) is 0 Å². The molecule has 132 valence electrons. The summed E-state index contributed by atoms with van der Waals surface area (Å²) in [5, 5.41) is 3.00. The Balaban J connectivity index is 1.56. The van der Waals surface area contributed by atoms with Crippen LogP contribution in [0.1, 0.15) is 34.3 Å². The van der Waals surface area contributed by atoms with Crippen LogP contribution < -0.4 is 10.1 Å². The average Bonchev–Trinajstić information content (AvgIpc) is 2.72. The molecule has 0 saturated heterocycles. The first kappa shape index (κ1) is 17.7. The van der Waals surface area contributed by atoms with Crippen molar-refractivity contribution in [1.82, 2.24) is 5.32 Å². The summed E-state index contributed by atoms with van der Waals surface area (Å²) in [6.07, 6.45) is 0. The third kappa shape index (κ3) is 4.96. The van der Waals surface area contributed by atoms with E-state index in [1.165, 1.54) is 5.56 Å². The smallest absolute Gasteiger partial charge is 0.251 e. The third-order valence-electron chi connectivity index (χ3n) is 4.28. The first-order valence-electron chi connectivity index (χ1n) is 8.82. The molecule has 3 aromatic carbocycles. The highest BCUT2D eigenvalue weighted by Crippen LogP contribution is 2.16. The lowest BCUT2D eigenvalue weighted by Crippen LogP contribution is -2.27. The molecule has 3 rings (SSSR count). The monoisotopic (exact) mass is 345 g/mol. The highest BCUT2D eigenvalue weighted by molar-refractivity contribution is 5.94. The minimum atomic E-state index is -0.0852. The van der Waals surface area contributed by atoms with Gasteiger partial charge in [-0.3, -0.25) is 4.79 Å². The number of hydrogen-bond acceptors (Lipinski definition) is 2. The highest BCUT2D eigenvalue weighted by atomic mass is 16.5. The summed E-state index contributed by atoms with van der Waals surface area (Å²) in [6, 6.07) is 27.5. The first-order chi connectivity index (χ1) is 12.7. The maximum absolute atomic E-state index is 12.4. The second kappa shape index (κ2) is 8.86. The normalized spacial score (nSPS) is 11.6. The molecule has 3 heteroatoms. The van der Waals surface area contributed by atoms with Gasteiger partial charge in [0.1, 0.15) is 12.4 Å². The van der Waals surface area contributed by atoms with Gasteiger partial charge in [-0.1, -0.05) is 73.7 Å². The summed E-state index contributed by atoms with van der Waals surface area (Å²) in [6.45, 7) is 3.18. The lowest BCUT2D eigenvalue weighted by atomic mass is 10.0. The van der Waals surface area contributed by atoms with Crippen molar-refractivity contribution in [1.29, 1.82) is 0 Å². The Morgan fingerprint density at radius 1 is 0.923 bits per heavy atom. The molecule has 1 amide bonds. The predicted molar refractivity (Wildman–Crippen MR) is 104 cm³/mol. The van der Waals surface area contributed by atoms with E-state index in [1.807, 2.05) is 60.7 Å². The molecule has 0 aliphatic carbocycles. The standard InChI is InChI=1S/C23H23NO2/c1-18(20-11-6-3-7-12-20)16-24-23(25)21-13-8-14-22(15-21)26-17-19-9-4-2-5-10-19/h2-15,18H,16-17H2,1H3,(H,24,25)/t18-/m0/s1. The van der Waals surface area contributed by atoms with Gasteiger partial charge in [0, 0.05) is 12.1 Å². The minimum absolute atomic E-state index is 0.0852. The maximum Gasteiger partial charge on any atom is 0.251 e. The largest absolute Gasteiger partial charge is 0.489 e. The van der Waals surface area contributed by atoms with E-state index in [9.17, 15) is 4.79 Å². The molecule has 0 saturated carbocycles. The second-order valence-corrected chi connectivity index (χ2v) is 6.32. The predicted octanol–water partition coefficient (Wildman–Crippen LogP) is 4.80. The minimum Gasteiger partial charge on any atom is -0.489 e. The topological polar surface area (TPSA) is 38.3 Å². The van der Waals surface area contributed by atoms with Crippen molar-refractivity contribution >= 4 is 5.91 Å². The molecule has 0 aliphatic rings. The molecule has 1 atom stereocenters. The Labute approximate surface area is 154 Å². The molecule has 3 aromatic rings. The lowest BCUT2D eigenvalue weighted by Gasteiger charge is -2.13. The molecule has 0 spiro atoms. The lowest BCUT2D eigenvalue weighted by molar-refractivity contribution is 0.0951. The second-order valence-electron chi connectivity index (χ2n) is 6.32. The number of benzene rings is 3. The summed E-state index contributed by atoms with van der Waals surface area (Å²) in [5.41, 5.74) is 2.92. The van der Waals surface area contributed by atoms with E-state index in [-0.39, 0.29) is 11.8 Å². The summed E-state index contributed by atoms with van der Waals surface area (Å²) in [4.78, 5) is 12.4. The number of amides is 1. The van der Waals surface area contributed by atoms with E-state index in [4.69, 9.17) is 4.74 Å². The summed E-state index contributed by atoms with van der Waals surface area (Å²) in [7, 11) is 0. The van der Waals surface area contributed by atoms with Gasteiger partial charge in [0.05, 0.1) is 0 Å². The van der Waals surface area contributed by atoms with Crippen LogP contribution in [0.4, 0.5) is 0 Å². The fraction of sp³-hybridized carbons (Fsp3) is 0.174. The van der Waals surface area contributed by atoms with Gasteiger partial charge in [0.2, 0.25) is 0 Å². The molecule has 1 N–H and O–H groups in total. The number of ether oxygens (including phenoxy) is 1. The first-order valence-corrected chi connectivity index (χ1v) is 8.82. The quantitative estimate of drug-likeness (QED) is 0.668. The van der Waals surface area contributed by atoms with Crippen molar-refractivity contribution in [3.8, 4) is 5.75 Å². The fourth-order valence-corrected chi connectivity index (χ4v) is 2.72. The van der Waals surface area contributed by atoms with Crippen LogP contribution in [0.15, 0.2) is 84.9 Å². The van der Waals surface area contributed by atoms with Crippen LogP contribution in [-0.2, 0) is 6.61 Å². The zero-order chi connectivity index (χ0) is 18.2. The van der Waals surface area contributed by atoms with Gasteiger partial charge in [-0.25, -0.2) is 0 Å². The number of carbonyl (C=O) groups is 1. The Morgan fingerprint density at radius 3 is 2.35 bits per heavy atom. The average molecular weight is 345 g/mol. The molecular formula is C23H23NO2. The van der Waals surface area contributed by atoms with E-state index in [2.05, 4.69) is 24.4 Å². The van der Waals surface area contributed by atoms with Crippen molar-refractivity contribution in [2.24, 2.45) is 0 Å². The zero-order valence-electron chi connectivity index (χ0n) is 14.9. The Morgan fingerprint density at radius 2 is 1.62 bits per heavy atom. The SMILES string of the molecule is C[C@@H](CNC(=O)c1cccc(OCc2ccccc2)c1)c1ccccc1. The number of nitrogens with one attached hydrogen (secondary N) is 1. The molecule has 0 heterocycles. The molecule has 0 bridgehead atoms. The van der Waals surface area contributed by atoms with Crippen molar-refractivity contribution in [3.05, 3.63) is 102 Å². The molecule has 0 unspecified atom stereocenters. The summed E-state index contributed by atoms with van der Waals surface area (Å²) in [5.74, 6) is 0.869. The van der Waals surface area contributed by atoms with E-state index >= 15 is 0 Å². The number of carbonyl (C=O) groups excluding carboxylic acids is 1. The molecular weight excluding hydrogens is 322 g/mol. The Hall–Kier alpha value is -3.07. The van der Waals surface area contributed by atoms with Crippen molar-refractivity contribution in [3.63, 3.8) is 0 Å². The van der Waals surface area contributed by atoms with Crippen LogP contribution in [0.3, 0.4) is 0 Å². The zero-order valence-corrected chi connectivity index (χ0v) is 14.9. The van der Waals surface area contributed by atoms with E-state index in [0.29, 0.717) is 24.5 Å². The van der Waals surface area contributed by atoms with E-state index in [1.54, 1.807) is 12.1 Å².